The van der Waals surface area contributed by atoms with Crippen LogP contribution in [0.4, 0.5) is 11.4 Å². The van der Waals surface area contributed by atoms with Crippen LogP contribution in [0.3, 0.4) is 0 Å². The first-order valence-electron chi connectivity index (χ1n) is 7.32. The van der Waals surface area contributed by atoms with E-state index < -0.39 is 0 Å². The molecule has 2 atom stereocenters. The quantitative estimate of drug-likeness (QED) is 0.826. The van der Waals surface area contributed by atoms with E-state index in [1.54, 1.807) is 0 Å². The second kappa shape index (κ2) is 5.20. The molecule has 0 amide bonds. The van der Waals surface area contributed by atoms with Crippen LogP contribution in [-0.4, -0.2) is 6.17 Å². The summed E-state index contributed by atoms with van der Waals surface area (Å²) in [5.74, 6) is 0.578. The van der Waals surface area contributed by atoms with E-state index in [0.717, 1.165) is 6.42 Å². The number of hydrogen-bond acceptors (Lipinski definition) is 2. The standard InChI is InChI=1S/C18H22N2/c1-12-4-7-15(8-5-12)19-18-11-14(3)16-10-13(2)6-9-17(16)20-18/h4-10,14,18-20H,11H2,1-3H3/t14?,18-/m0/s1. The van der Waals surface area contributed by atoms with Gasteiger partial charge < -0.3 is 10.6 Å². The number of benzene rings is 2. The summed E-state index contributed by atoms with van der Waals surface area (Å²) in [6.07, 6.45) is 1.40. The van der Waals surface area contributed by atoms with Gasteiger partial charge in [0.2, 0.25) is 0 Å². The summed E-state index contributed by atoms with van der Waals surface area (Å²) in [5, 5.41) is 7.19. The van der Waals surface area contributed by atoms with Gasteiger partial charge in [-0.2, -0.15) is 0 Å². The summed E-state index contributed by atoms with van der Waals surface area (Å²) in [5.41, 5.74) is 6.51. The Kier molecular flexibility index (Phi) is 3.39. The smallest absolute Gasteiger partial charge is 0.0969 e. The van der Waals surface area contributed by atoms with Crippen molar-refractivity contribution in [3.8, 4) is 0 Å². The van der Waals surface area contributed by atoms with Gasteiger partial charge in [-0.05, 0) is 49.9 Å². The molecule has 1 heterocycles. The van der Waals surface area contributed by atoms with Gasteiger partial charge in [-0.3, -0.25) is 0 Å². The zero-order chi connectivity index (χ0) is 14.1. The second-order valence-electron chi connectivity index (χ2n) is 5.93. The van der Waals surface area contributed by atoms with E-state index in [4.69, 9.17) is 0 Å². The number of nitrogens with one attached hydrogen (secondary N) is 2. The van der Waals surface area contributed by atoms with Gasteiger partial charge in [-0.1, -0.05) is 42.3 Å². The van der Waals surface area contributed by atoms with Crippen LogP contribution in [0.15, 0.2) is 42.5 Å². The Labute approximate surface area is 121 Å². The first-order chi connectivity index (χ1) is 9.61. The average Bonchev–Trinajstić information content (AvgIpc) is 2.42. The fraction of sp³-hybridized carbons (Fsp3) is 0.333. The molecule has 2 aromatic carbocycles. The van der Waals surface area contributed by atoms with Crippen LogP contribution in [0.5, 0.6) is 0 Å². The molecule has 20 heavy (non-hydrogen) atoms. The lowest BCUT2D eigenvalue weighted by Gasteiger charge is -2.33. The van der Waals surface area contributed by atoms with Crippen molar-refractivity contribution in [1.29, 1.82) is 0 Å². The molecule has 2 aromatic rings. The molecule has 2 N–H and O–H groups in total. The van der Waals surface area contributed by atoms with Gasteiger partial charge in [0.15, 0.2) is 0 Å². The van der Waals surface area contributed by atoms with Crippen LogP contribution in [0.1, 0.15) is 36.0 Å². The Morgan fingerprint density at radius 1 is 1.00 bits per heavy atom. The minimum Gasteiger partial charge on any atom is -0.365 e. The maximum Gasteiger partial charge on any atom is 0.0969 e. The van der Waals surface area contributed by atoms with Gasteiger partial charge in [-0.25, -0.2) is 0 Å². The van der Waals surface area contributed by atoms with E-state index in [-0.39, 0.29) is 0 Å². The van der Waals surface area contributed by atoms with E-state index in [1.807, 2.05) is 0 Å². The summed E-state index contributed by atoms with van der Waals surface area (Å²) >= 11 is 0. The number of aryl methyl sites for hydroxylation is 2. The summed E-state index contributed by atoms with van der Waals surface area (Å²) in [4.78, 5) is 0. The lowest BCUT2D eigenvalue weighted by molar-refractivity contribution is 0.598. The van der Waals surface area contributed by atoms with E-state index in [0.29, 0.717) is 12.1 Å². The summed E-state index contributed by atoms with van der Waals surface area (Å²) in [6, 6.07) is 15.3. The van der Waals surface area contributed by atoms with Gasteiger partial charge in [0.25, 0.3) is 0 Å². The van der Waals surface area contributed by atoms with Crippen LogP contribution in [0.2, 0.25) is 0 Å². The number of anilines is 2. The van der Waals surface area contributed by atoms with Crippen LogP contribution in [0, 0.1) is 13.8 Å². The summed E-state index contributed by atoms with van der Waals surface area (Å²) in [6.45, 7) is 6.58. The zero-order valence-electron chi connectivity index (χ0n) is 12.4. The largest absolute Gasteiger partial charge is 0.365 e. The highest BCUT2D eigenvalue weighted by atomic mass is 15.1. The first-order valence-corrected chi connectivity index (χ1v) is 7.32. The van der Waals surface area contributed by atoms with Gasteiger partial charge in [0.1, 0.15) is 0 Å². The van der Waals surface area contributed by atoms with E-state index in [1.165, 1.54) is 28.1 Å². The lowest BCUT2D eigenvalue weighted by Crippen LogP contribution is -2.34. The van der Waals surface area contributed by atoms with Crippen LogP contribution < -0.4 is 10.6 Å². The van der Waals surface area contributed by atoms with Crippen molar-refractivity contribution in [1.82, 2.24) is 0 Å². The minimum atomic E-state index is 0.294. The predicted octanol–water partition coefficient (Wildman–Crippen LogP) is 4.66. The Balaban J connectivity index is 1.77. The van der Waals surface area contributed by atoms with E-state index in [9.17, 15) is 0 Å². The third-order valence-corrected chi connectivity index (χ3v) is 4.05. The Morgan fingerprint density at radius 2 is 1.70 bits per heavy atom. The summed E-state index contributed by atoms with van der Waals surface area (Å²) < 4.78 is 0. The molecule has 0 fully saturated rings. The van der Waals surface area contributed by atoms with E-state index in [2.05, 4.69) is 73.9 Å². The zero-order valence-corrected chi connectivity index (χ0v) is 12.4. The molecule has 0 bridgehead atoms. The van der Waals surface area contributed by atoms with Crippen molar-refractivity contribution < 1.29 is 0 Å². The lowest BCUT2D eigenvalue weighted by atomic mass is 9.90. The maximum absolute atomic E-state index is 3.61. The van der Waals surface area contributed by atoms with Gasteiger partial charge in [-0.15, -0.1) is 0 Å². The average molecular weight is 266 g/mol. The Morgan fingerprint density at radius 3 is 2.45 bits per heavy atom. The van der Waals surface area contributed by atoms with Gasteiger partial charge in [0, 0.05) is 11.4 Å². The Hall–Kier alpha value is -1.96. The molecule has 0 aromatic heterocycles. The third-order valence-electron chi connectivity index (χ3n) is 4.05. The molecule has 3 rings (SSSR count). The van der Waals surface area contributed by atoms with Crippen molar-refractivity contribution in [2.75, 3.05) is 10.6 Å². The highest BCUT2D eigenvalue weighted by Crippen LogP contribution is 2.34. The molecule has 2 nitrogen and oxygen atoms in total. The monoisotopic (exact) mass is 266 g/mol. The van der Waals surface area contributed by atoms with Crippen molar-refractivity contribution in [3.05, 3.63) is 59.2 Å². The predicted molar refractivity (Wildman–Crippen MR) is 86.4 cm³/mol. The number of rotatable bonds is 2. The minimum absolute atomic E-state index is 0.294. The molecular formula is C18H22N2. The van der Waals surface area contributed by atoms with Crippen LogP contribution >= 0.6 is 0 Å². The molecule has 0 saturated heterocycles. The van der Waals surface area contributed by atoms with Gasteiger partial charge in [0.05, 0.1) is 6.17 Å². The van der Waals surface area contributed by atoms with Crippen LogP contribution in [0.25, 0.3) is 0 Å². The van der Waals surface area contributed by atoms with Crippen molar-refractivity contribution >= 4 is 11.4 Å². The van der Waals surface area contributed by atoms with Crippen molar-refractivity contribution in [2.24, 2.45) is 0 Å². The molecule has 0 spiro atoms. The summed E-state index contributed by atoms with van der Waals surface area (Å²) in [7, 11) is 0. The van der Waals surface area contributed by atoms with E-state index >= 15 is 0 Å². The molecule has 0 aliphatic carbocycles. The molecule has 1 aliphatic heterocycles. The molecule has 1 aliphatic rings. The fourth-order valence-electron chi connectivity index (χ4n) is 2.89. The molecule has 0 saturated carbocycles. The third kappa shape index (κ3) is 2.64. The highest BCUT2D eigenvalue weighted by Gasteiger charge is 2.23. The molecule has 2 heteroatoms. The maximum atomic E-state index is 3.61. The number of fused-ring (bicyclic) bond motifs is 1. The fourth-order valence-corrected chi connectivity index (χ4v) is 2.89. The first kappa shape index (κ1) is 13.0. The molecular weight excluding hydrogens is 244 g/mol. The van der Waals surface area contributed by atoms with Crippen molar-refractivity contribution in [2.45, 2.75) is 39.3 Å². The topological polar surface area (TPSA) is 24.1 Å². The van der Waals surface area contributed by atoms with Gasteiger partial charge >= 0.3 is 0 Å². The SMILES string of the molecule is Cc1ccc(N[C@@H]2CC(C)c3cc(C)ccc3N2)cc1. The van der Waals surface area contributed by atoms with Crippen molar-refractivity contribution in [3.63, 3.8) is 0 Å². The Bertz CT molecular complexity index is 601. The normalized spacial score (nSPS) is 20.9. The molecule has 104 valence electrons. The second-order valence-corrected chi connectivity index (χ2v) is 5.93. The number of hydrogen-bond donors (Lipinski definition) is 2. The highest BCUT2D eigenvalue weighted by molar-refractivity contribution is 5.59. The molecule has 1 unspecified atom stereocenters. The molecule has 0 radical (unpaired) electrons. The van der Waals surface area contributed by atoms with Crippen LogP contribution in [-0.2, 0) is 0 Å².